The molecule has 1 saturated heterocycles. The Morgan fingerprint density at radius 1 is 1.17 bits per heavy atom. The van der Waals surface area contributed by atoms with Crippen LogP contribution in [-0.4, -0.2) is 44.9 Å². The van der Waals surface area contributed by atoms with E-state index >= 15 is 0 Å². The van der Waals surface area contributed by atoms with Gasteiger partial charge >= 0.3 is 12.0 Å². The fourth-order valence-electron chi connectivity index (χ4n) is 2.87. The molecule has 1 aromatic rings. The number of carbonyl (C=O) groups excluding carboxylic acids is 2. The average Bonchev–Trinajstić information content (AvgIpc) is 2.72. The number of hydrogen-bond donors (Lipinski definition) is 1. The molecular formula is C18H24N2O4. The number of aryl methyl sites for hydroxylation is 1. The van der Waals surface area contributed by atoms with E-state index in [1.54, 1.807) is 0 Å². The Morgan fingerprint density at radius 2 is 1.75 bits per heavy atom. The smallest absolute Gasteiger partial charge is 0.328 e. The highest BCUT2D eigenvalue weighted by Gasteiger charge is 2.48. The van der Waals surface area contributed by atoms with Gasteiger partial charge in [-0.1, -0.05) is 43.7 Å². The van der Waals surface area contributed by atoms with E-state index in [9.17, 15) is 19.5 Å². The SMILES string of the molecule is Cc1ccc(CN2C(=O)N(C(C)C(=O)O)C(=O)C2CC(C)C)cc1. The summed E-state index contributed by atoms with van der Waals surface area (Å²) >= 11 is 0. The van der Waals surface area contributed by atoms with Crippen LogP contribution in [0, 0.1) is 12.8 Å². The monoisotopic (exact) mass is 332 g/mol. The van der Waals surface area contributed by atoms with Crippen molar-refractivity contribution >= 4 is 17.9 Å². The lowest BCUT2D eigenvalue weighted by molar-refractivity contribution is -0.146. The molecule has 6 heteroatoms. The Bertz CT molecular complexity index is 639. The van der Waals surface area contributed by atoms with Crippen molar-refractivity contribution < 1.29 is 19.5 Å². The summed E-state index contributed by atoms with van der Waals surface area (Å²) in [6, 6.07) is 5.44. The van der Waals surface area contributed by atoms with Gasteiger partial charge in [0.1, 0.15) is 12.1 Å². The maximum Gasteiger partial charge on any atom is 0.328 e. The Kier molecular flexibility index (Phi) is 5.26. The Morgan fingerprint density at radius 3 is 2.25 bits per heavy atom. The molecule has 1 aliphatic rings. The number of urea groups is 1. The standard InChI is InChI=1S/C18H24N2O4/c1-11(2)9-15-16(21)20(13(4)17(22)23)18(24)19(15)10-14-7-5-12(3)6-8-14/h5-8,11,13,15H,9-10H2,1-4H3,(H,22,23). The Balaban J connectivity index is 2.30. The summed E-state index contributed by atoms with van der Waals surface area (Å²) in [5.41, 5.74) is 2.03. The molecule has 6 nitrogen and oxygen atoms in total. The third-order valence-corrected chi connectivity index (χ3v) is 4.26. The van der Waals surface area contributed by atoms with Crippen LogP contribution in [0.15, 0.2) is 24.3 Å². The minimum Gasteiger partial charge on any atom is -0.480 e. The maximum atomic E-state index is 12.7. The number of benzene rings is 1. The summed E-state index contributed by atoms with van der Waals surface area (Å²) in [6.07, 6.45) is 0.513. The van der Waals surface area contributed by atoms with Gasteiger partial charge in [-0.3, -0.25) is 4.79 Å². The predicted molar refractivity (Wildman–Crippen MR) is 89.3 cm³/mol. The van der Waals surface area contributed by atoms with Gasteiger partial charge in [0.05, 0.1) is 0 Å². The molecule has 3 amide bonds. The molecule has 2 unspecified atom stereocenters. The van der Waals surface area contributed by atoms with Crippen LogP contribution < -0.4 is 0 Å². The molecule has 1 aliphatic heterocycles. The third-order valence-electron chi connectivity index (χ3n) is 4.26. The maximum absolute atomic E-state index is 12.7. The first-order valence-electron chi connectivity index (χ1n) is 8.14. The van der Waals surface area contributed by atoms with Crippen molar-refractivity contribution in [2.75, 3.05) is 0 Å². The van der Waals surface area contributed by atoms with Crippen molar-refractivity contribution in [3.8, 4) is 0 Å². The van der Waals surface area contributed by atoms with E-state index in [4.69, 9.17) is 0 Å². The van der Waals surface area contributed by atoms with Crippen molar-refractivity contribution in [1.29, 1.82) is 0 Å². The summed E-state index contributed by atoms with van der Waals surface area (Å²) in [4.78, 5) is 39.0. The van der Waals surface area contributed by atoms with Gasteiger partial charge in [0.25, 0.3) is 5.91 Å². The number of aliphatic carboxylic acids is 1. The fourth-order valence-corrected chi connectivity index (χ4v) is 2.87. The Hall–Kier alpha value is -2.37. The summed E-state index contributed by atoms with van der Waals surface area (Å²) in [6.45, 7) is 7.59. The Labute approximate surface area is 142 Å². The zero-order chi connectivity index (χ0) is 18.0. The zero-order valence-corrected chi connectivity index (χ0v) is 14.5. The molecule has 130 valence electrons. The van der Waals surface area contributed by atoms with Gasteiger partial charge in [-0.05, 0) is 31.7 Å². The summed E-state index contributed by atoms with van der Waals surface area (Å²) in [5.74, 6) is -1.39. The second kappa shape index (κ2) is 7.03. The van der Waals surface area contributed by atoms with Gasteiger partial charge < -0.3 is 10.0 Å². The van der Waals surface area contributed by atoms with Crippen LogP contribution in [0.25, 0.3) is 0 Å². The zero-order valence-electron chi connectivity index (χ0n) is 14.5. The van der Waals surface area contributed by atoms with Crippen molar-refractivity contribution in [2.45, 2.75) is 52.7 Å². The molecule has 0 bridgehead atoms. The number of carbonyl (C=O) groups is 3. The van der Waals surface area contributed by atoms with E-state index in [1.165, 1.54) is 11.8 Å². The molecule has 0 aliphatic carbocycles. The second-order valence-electron chi connectivity index (χ2n) is 6.76. The number of nitrogens with zero attached hydrogens (tertiary/aromatic N) is 2. The predicted octanol–water partition coefficient (Wildman–Crippen LogP) is 2.65. The molecule has 0 spiro atoms. The number of rotatable bonds is 6. The molecule has 1 fully saturated rings. The van der Waals surface area contributed by atoms with Crippen LogP contribution in [0.4, 0.5) is 4.79 Å². The van der Waals surface area contributed by atoms with Gasteiger partial charge in [-0.15, -0.1) is 0 Å². The molecule has 0 saturated carbocycles. The largest absolute Gasteiger partial charge is 0.480 e. The van der Waals surface area contributed by atoms with Gasteiger partial charge in [0.2, 0.25) is 0 Å². The highest BCUT2D eigenvalue weighted by atomic mass is 16.4. The molecule has 24 heavy (non-hydrogen) atoms. The fraction of sp³-hybridized carbons (Fsp3) is 0.500. The van der Waals surface area contributed by atoms with E-state index in [1.807, 2.05) is 45.0 Å². The van der Waals surface area contributed by atoms with Gasteiger partial charge in [0, 0.05) is 6.54 Å². The van der Waals surface area contributed by atoms with Gasteiger partial charge in [0.15, 0.2) is 0 Å². The van der Waals surface area contributed by atoms with Crippen molar-refractivity contribution in [1.82, 2.24) is 9.80 Å². The van der Waals surface area contributed by atoms with E-state index in [2.05, 4.69) is 0 Å². The van der Waals surface area contributed by atoms with Crippen LogP contribution in [0.1, 0.15) is 38.3 Å². The van der Waals surface area contributed by atoms with Crippen LogP contribution in [0.2, 0.25) is 0 Å². The van der Waals surface area contributed by atoms with Gasteiger partial charge in [-0.2, -0.15) is 0 Å². The second-order valence-corrected chi connectivity index (χ2v) is 6.76. The molecule has 0 radical (unpaired) electrons. The first-order chi connectivity index (χ1) is 11.2. The van der Waals surface area contributed by atoms with Crippen LogP contribution in [0.3, 0.4) is 0 Å². The molecule has 1 aromatic carbocycles. The third kappa shape index (κ3) is 3.58. The van der Waals surface area contributed by atoms with Gasteiger partial charge in [-0.25, -0.2) is 14.5 Å². The quantitative estimate of drug-likeness (QED) is 0.812. The lowest BCUT2D eigenvalue weighted by Gasteiger charge is -2.23. The van der Waals surface area contributed by atoms with Crippen molar-refractivity contribution in [2.24, 2.45) is 5.92 Å². The number of amides is 3. The van der Waals surface area contributed by atoms with E-state index < -0.39 is 30.0 Å². The highest BCUT2D eigenvalue weighted by Crippen LogP contribution is 2.27. The number of carboxylic acids is 1. The number of imide groups is 1. The van der Waals surface area contributed by atoms with Crippen LogP contribution in [0.5, 0.6) is 0 Å². The van der Waals surface area contributed by atoms with Crippen LogP contribution >= 0.6 is 0 Å². The molecule has 0 aromatic heterocycles. The van der Waals surface area contributed by atoms with E-state index in [-0.39, 0.29) is 5.92 Å². The molecule has 2 rings (SSSR count). The number of carboxylic acid groups (broad SMARTS) is 1. The van der Waals surface area contributed by atoms with Crippen molar-refractivity contribution in [3.05, 3.63) is 35.4 Å². The van der Waals surface area contributed by atoms with E-state index in [0.29, 0.717) is 13.0 Å². The lowest BCUT2D eigenvalue weighted by Crippen LogP contribution is -2.44. The molecular weight excluding hydrogens is 308 g/mol. The first-order valence-corrected chi connectivity index (χ1v) is 8.14. The summed E-state index contributed by atoms with van der Waals surface area (Å²) in [5, 5.41) is 9.19. The molecule has 1 N–H and O–H groups in total. The lowest BCUT2D eigenvalue weighted by atomic mass is 10.0. The van der Waals surface area contributed by atoms with Crippen molar-refractivity contribution in [3.63, 3.8) is 0 Å². The minimum atomic E-state index is -1.18. The number of hydrogen-bond acceptors (Lipinski definition) is 3. The van der Waals surface area contributed by atoms with Crippen LogP contribution in [-0.2, 0) is 16.1 Å². The summed E-state index contributed by atoms with van der Waals surface area (Å²) < 4.78 is 0. The average molecular weight is 332 g/mol. The molecule has 2 atom stereocenters. The minimum absolute atomic E-state index is 0.215. The summed E-state index contributed by atoms with van der Waals surface area (Å²) in [7, 11) is 0. The first kappa shape index (κ1) is 18.0. The van der Waals surface area contributed by atoms with E-state index in [0.717, 1.165) is 16.0 Å². The normalized spacial score (nSPS) is 19.3. The highest BCUT2D eigenvalue weighted by molar-refractivity contribution is 6.06. The molecule has 1 heterocycles. The topological polar surface area (TPSA) is 77.9 Å².